The summed E-state index contributed by atoms with van der Waals surface area (Å²) in [4.78, 5) is 15.7. The Hall–Kier alpha value is -0.610. The number of nitrogens with zero attached hydrogens (tertiary/aromatic N) is 2. The highest BCUT2D eigenvalue weighted by Crippen LogP contribution is 2.20. The van der Waals surface area contributed by atoms with E-state index in [1.165, 1.54) is 12.8 Å². The van der Waals surface area contributed by atoms with E-state index in [4.69, 9.17) is 5.73 Å². The first-order chi connectivity index (χ1) is 7.54. The summed E-state index contributed by atoms with van der Waals surface area (Å²) in [6.45, 7) is 5.21. The molecular weight excluding hydrogens is 202 g/mol. The summed E-state index contributed by atoms with van der Waals surface area (Å²) in [6.07, 6.45) is 3.19. The topological polar surface area (TPSA) is 49.6 Å². The number of primary amides is 1. The van der Waals surface area contributed by atoms with E-state index < -0.39 is 0 Å². The van der Waals surface area contributed by atoms with Gasteiger partial charge in [0.1, 0.15) is 0 Å². The maximum Gasteiger partial charge on any atom is 0.234 e. The van der Waals surface area contributed by atoms with Crippen LogP contribution in [0.4, 0.5) is 0 Å². The second kappa shape index (κ2) is 6.21. The fraction of sp³-hybridized carbons (Fsp3) is 0.917. The van der Waals surface area contributed by atoms with Crippen LogP contribution >= 0.6 is 0 Å². The molecule has 1 fully saturated rings. The lowest BCUT2D eigenvalue weighted by molar-refractivity contribution is -0.124. The van der Waals surface area contributed by atoms with Crippen molar-refractivity contribution in [2.24, 2.45) is 11.7 Å². The molecule has 0 aromatic heterocycles. The van der Waals surface area contributed by atoms with E-state index in [0.29, 0.717) is 0 Å². The average Bonchev–Trinajstić information content (AvgIpc) is 2.20. The molecule has 1 heterocycles. The van der Waals surface area contributed by atoms with E-state index in [1.807, 2.05) is 6.92 Å². The molecule has 4 nitrogen and oxygen atoms in total. The Morgan fingerprint density at radius 3 is 2.38 bits per heavy atom. The van der Waals surface area contributed by atoms with Crippen LogP contribution < -0.4 is 5.73 Å². The molecule has 0 saturated carbocycles. The van der Waals surface area contributed by atoms with Crippen LogP contribution in [0.5, 0.6) is 0 Å². The molecule has 1 aliphatic heterocycles. The van der Waals surface area contributed by atoms with Crippen molar-refractivity contribution in [3.63, 3.8) is 0 Å². The van der Waals surface area contributed by atoms with E-state index >= 15 is 0 Å². The number of carbonyl (C=O) groups excluding carboxylic acids is 1. The first-order valence-electron chi connectivity index (χ1n) is 6.22. The lowest BCUT2D eigenvalue weighted by Gasteiger charge is -2.36. The summed E-state index contributed by atoms with van der Waals surface area (Å²) in [7, 11) is 4.23. The maximum absolute atomic E-state index is 11.3. The first kappa shape index (κ1) is 13.5. The fourth-order valence-corrected chi connectivity index (χ4v) is 2.60. The molecule has 1 atom stereocenters. The third kappa shape index (κ3) is 3.76. The molecule has 0 aromatic carbocycles. The average molecular weight is 227 g/mol. The largest absolute Gasteiger partial charge is 0.368 e. The molecule has 0 radical (unpaired) electrons. The second-order valence-electron chi connectivity index (χ2n) is 5.07. The molecule has 0 bridgehead atoms. The van der Waals surface area contributed by atoms with Gasteiger partial charge in [-0.25, -0.2) is 0 Å². The van der Waals surface area contributed by atoms with Crippen molar-refractivity contribution in [1.29, 1.82) is 0 Å². The van der Waals surface area contributed by atoms with Crippen LogP contribution in [0.3, 0.4) is 0 Å². The molecule has 1 unspecified atom stereocenters. The van der Waals surface area contributed by atoms with Gasteiger partial charge in [-0.15, -0.1) is 0 Å². The molecule has 0 aliphatic carbocycles. The minimum atomic E-state index is -0.173. The van der Waals surface area contributed by atoms with E-state index in [0.717, 1.165) is 32.0 Å². The van der Waals surface area contributed by atoms with Crippen LogP contribution in [0.1, 0.15) is 26.2 Å². The van der Waals surface area contributed by atoms with Crippen molar-refractivity contribution in [3.05, 3.63) is 0 Å². The molecule has 1 amide bonds. The lowest BCUT2D eigenvalue weighted by atomic mass is 9.95. The Morgan fingerprint density at radius 1 is 1.44 bits per heavy atom. The second-order valence-corrected chi connectivity index (χ2v) is 5.07. The molecule has 1 aliphatic rings. The van der Waals surface area contributed by atoms with Crippen molar-refractivity contribution in [2.75, 3.05) is 33.7 Å². The van der Waals surface area contributed by atoms with Crippen molar-refractivity contribution in [1.82, 2.24) is 9.80 Å². The third-order valence-corrected chi connectivity index (χ3v) is 3.43. The van der Waals surface area contributed by atoms with E-state index in [9.17, 15) is 4.79 Å². The molecule has 0 spiro atoms. The SMILES string of the molecule is CCC(C(N)=O)N1CCC(CN(C)C)CC1. The minimum Gasteiger partial charge on any atom is -0.368 e. The maximum atomic E-state index is 11.3. The van der Waals surface area contributed by atoms with Crippen molar-refractivity contribution in [3.8, 4) is 0 Å². The van der Waals surface area contributed by atoms with Gasteiger partial charge in [0.05, 0.1) is 6.04 Å². The highest BCUT2D eigenvalue weighted by Gasteiger charge is 2.27. The first-order valence-corrected chi connectivity index (χ1v) is 6.22. The normalized spacial score (nSPS) is 21.2. The number of carbonyl (C=O) groups is 1. The van der Waals surface area contributed by atoms with Gasteiger partial charge in [-0.3, -0.25) is 9.69 Å². The third-order valence-electron chi connectivity index (χ3n) is 3.43. The van der Waals surface area contributed by atoms with Crippen LogP contribution in [0, 0.1) is 5.92 Å². The number of amides is 1. The van der Waals surface area contributed by atoms with Crippen LogP contribution in [-0.4, -0.2) is 55.5 Å². The van der Waals surface area contributed by atoms with Crippen molar-refractivity contribution in [2.45, 2.75) is 32.2 Å². The van der Waals surface area contributed by atoms with Gasteiger partial charge in [0.25, 0.3) is 0 Å². The van der Waals surface area contributed by atoms with Gasteiger partial charge in [0.15, 0.2) is 0 Å². The Kier molecular flexibility index (Phi) is 5.22. The van der Waals surface area contributed by atoms with E-state index in [1.54, 1.807) is 0 Å². The molecule has 1 rings (SSSR count). The van der Waals surface area contributed by atoms with Gasteiger partial charge < -0.3 is 10.6 Å². The zero-order valence-corrected chi connectivity index (χ0v) is 10.8. The van der Waals surface area contributed by atoms with Crippen LogP contribution in [-0.2, 0) is 4.79 Å². The summed E-state index contributed by atoms with van der Waals surface area (Å²) in [5.41, 5.74) is 5.40. The molecule has 1 saturated heterocycles. The van der Waals surface area contributed by atoms with Gasteiger partial charge in [0.2, 0.25) is 5.91 Å². The quantitative estimate of drug-likeness (QED) is 0.745. The summed E-state index contributed by atoms with van der Waals surface area (Å²) >= 11 is 0. The summed E-state index contributed by atoms with van der Waals surface area (Å²) in [5.74, 6) is 0.602. The van der Waals surface area contributed by atoms with Gasteiger partial charge >= 0.3 is 0 Å². The number of nitrogens with two attached hydrogens (primary N) is 1. The number of hydrogen-bond acceptors (Lipinski definition) is 3. The number of hydrogen-bond donors (Lipinski definition) is 1. The van der Waals surface area contributed by atoms with Gasteiger partial charge in [-0.2, -0.15) is 0 Å². The van der Waals surface area contributed by atoms with Crippen LogP contribution in [0.25, 0.3) is 0 Å². The Labute approximate surface area is 98.8 Å². The van der Waals surface area contributed by atoms with E-state index in [-0.39, 0.29) is 11.9 Å². The molecule has 16 heavy (non-hydrogen) atoms. The monoisotopic (exact) mass is 227 g/mol. The number of rotatable bonds is 5. The predicted molar refractivity (Wildman–Crippen MR) is 66.1 cm³/mol. The van der Waals surface area contributed by atoms with Crippen molar-refractivity contribution < 1.29 is 4.79 Å². The molecule has 4 heteroatoms. The molecule has 0 aromatic rings. The Morgan fingerprint density at radius 2 is 2.00 bits per heavy atom. The minimum absolute atomic E-state index is 0.0553. The van der Waals surface area contributed by atoms with Gasteiger partial charge in [-0.1, -0.05) is 6.92 Å². The zero-order valence-electron chi connectivity index (χ0n) is 10.8. The smallest absolute Gasteiger partial charge is 0.234 e. The summed E-state index contributed by atoms with van der Waals surface area (Å²) < 4.78 is 0. The molecule has 94 valence electrons. The highest BCUT2D eigenvalue weighted by molar-refractivity contribution is 5.79. The van der Waals surface area contributed by atoms with Gasteiger partial charge in [-0.05, 0) is 52.4 Å². The van der Waals surface area contributed by atoms with E-state index in [2.05, 4.69) is 23.9 Å². The summed E-state index contributed by atoms with van der Waals surface area (Å²) in [6, 6.07) is -0.0553. The number of likely N-dealkylation sites (tertiary alicyclic amines) is 1. The molecular formula is C12H25N3O. The van der Waals surface area contributed by atoms with Crippen LogP contribution in [0.15, 0.2) is 0 Å². The summed E-state index contributed by atoms with van der Waals surface area (Å²) in [5, 5.41) is 0. The highest BCUT2D eigenvalue weighted by atomic mass is 16.1. The molecule has 2 N–H and O–H groups in total. The fourth-order valence-electron chi connectivity index (χ4n) is 2.60. The zero-order chi connectivity index (χ0) is 12.1. The Balaban J connectivity index is 2.38. The Bertz CT molecular complexity index is 222. The predicted octanol–water partition coefficient (Wildman–Crippen LogP) is 0.524. The van der Waals surface area contributed by atoms with Gasteiger partial charge in [0, 0.05) is 6.54 Å². The van der Waals surface area contributed by atoms with Crippen LogP contribution in [0.2, 0.25) is 0 Å². The number of piperidine rings is 1. The lowest BCUT2D eigenvalue weighted by Crippen LogP contribution is -2.48. The van der Waals surface area contributed by atoms with Crippen molar-refractivity contribution >= 4 is 5.91 Å². The standard InChI is InChI=1S/C12H25N3O/c1-4-11(12(13)16)15-7-5-10(6-8-15)9-14(2)3/h10-11H,4-9H2,1-3H3,(H2,13,16).